The van der Waals surface area contributed by atoms with Crippen LogP contribution in [-0.2, 0) is 9.53 Å². The maximum atomic E-state index is 10.8. The van der Waals surface area contributed by atoms with Gasteiger partial charge in [-0.3, -0.25) is 4.79 Å². The number of methoxy groups -OCH3 is 1. The molecule has 1 aromatic rings. The Bertz CT molecular complexity index is 297. The lowest BCUT2D eigenvalue weighted by Gasteiger charge is -2.05. The highest BCUT2D eigenvalue weighted by Crippen LogP contribution is 2.20. The number of carbonyl (C=O) groups is 1. The number of rotatable bonds is 3. The van der Waals surface area contributed by atoms with Crippen molar-refractivity contribution in [1.29, 1.82) is 0 Å². The fourth-order valence-electron chi connectivity index (χ4n) is 0.891. The minimum Gasteiger partial charge on any atom is -0.469 e. The van der Waals surface area contributed by atoms with E-state index >= 15 is 0 Å². The van der Waals surface area contributed by atoms with E-state index in [1.807, 2.05) is 0 Å². The van der Waals surface area contributed by atoms with Crippen LogP contribution in [0.3, 0.4) is 0 Å². The van der Waals surface area contributed by atoms with Gasteiger partial charge in [-0.2, -0.15) is 0 Å². The summed E-state index contributed by atoms with van der Waals surface area (Å²) in [4.78, 5) is 10.8. The van der Waals surface area contributed by atoms with Gasteiger partial charge in [0.15, 0.2) is 4.67 Å². The van der Waals surface area contributed by atoms with Gasteiger partial charge in [-0.25, -0.2) is 0 Å². The Balaban J connectivity index is 2.58. The Morgan fingerprint density at radius 3 is 2.92 bits per heavy atom. The van der Waals surface area contributed by atoms with E-state index in [0.717, 1.165) is 0 Å². The van der Waals surface area contributed by atoms with E-state index in [0.29, 0.717) is 10.4 Å². The van der Waals surface area contributed by atoms with Crippen molar-refractivity contribution in [3.05, 3.63) is 22.6 Å². The molecule has 0 aliphatic carbocycles. The summed E-state index contributed by atoms with van der Waals surface area (Å²) >= 11 is 3.15. The second-order valence-corrected chi connectivity index (χ2v) is 3.31. The quantitative estimate of drug-likeness (QED) is 0.825. The molecule has 0 bridgehead atoms. The first-order valence-electron chi connectivity index (χ1n) is 3.71. The van der Waals surface area contributed by atoms with Crippen molar-refractivity contribution >= 4 is 21.9 Å². The molecule has 0 unspecified atom stereocenters. The highest BCUT2D eigenvalue weighted by molar-refractivity contribution is 9.10. The molecular formula is C8H10BrNO3. The normalized spacial score (nSPS) is 12.5. The molecule has 0 saturated carbocycles. The third kappa shape index (κ3) is 2.86. The van der Waals surface area contributed by atoms with Gasteiger partial charge in [0.05, 0.1) is 19.6 Å². The summed E-state index contributed by atoms with van der Waals surface area (Å²) in [6.07, 6.45) is 0.121. The summed E-state index contributed by atoms with van der Waals surface area (Å²) in [6, 6.07) is 3.00. The number of ether oxygens (including phenoxy) is 1. The van der Waals surface area contributed by atoms with Crippen molar-refractivity contribution in [2.45, 2.75) is 12.5 Å². The predicted molar refractivity (Wildman–Crippen MR) is 50.0 cm³/mol. The number of halogens is 1. The van der Waals surface area contributed by atoms with E-state index in [1.54, 1.807) is 12.1 Å². The van der Waals surface area contributed by atoms with Gasteiger partial charge >= 0.3 is 5.97 Å². The summed E-state index contributed by atoms with van der Waals surface area (Å²) < 4.78 is 10.3. The van der Waals surface area contributed by atoms with Gasteiger partial charge in [-0.15, -0.1) is 0 Å². The van der Waals surface area contributed by atoms with Gasteiger partial charge in [0, 0.05) is 0 Å². The van der Waals surface area contributed by atoms with Crippen LogP contribution in [0.2, 0.25) is 0 Å². The van der Waals surface area contributed by atoms with E-state index in [9.17, 15) is 4.79 Å². The van der Waals surface area contributed by atoms with Gasteiger partial charge in [-0.05, 0) is 28.1 Å². The van der Waals surface area contributed by atoms with Crippen molar-refractivity contribution in [2.24, 2.45) is 5.73 Å². The molecule has 0 aromatic carbocycles. The molecule has 13 heavy (non-hydrogen) atoms. The number of carbonyl (C=O) groups excluding carboxylic acids is 1. The molecular weight excluding hydrogens is 238 g/mol. The third-order valence-corrected chi connectivity index (χ3v) is 2.00. The molecule has 0 amide bonds. The van der Waals surface area contributed by atoms with E-state index in [-0.39, 0.29) is 12.4 Å². The molecule has 0 radical (unpaired) electrons. The van der Waals surface area contributed by atoms with Gasteiger partial charge < -0.3 is 14.9 Å². The second kappa shape index (κ2) is 4.43. The van der Waals surface area contributed by atoms with Gasteiger partial charge in [0.2, 0.25) is 0 Å². The first-order valence-corrected chi connectivity index (χ1v) is 4.50. The summed E-state index contributed by atoms with van der Waals surface area (Å²) in [5, 5.41) is 0. The minimum absolute atomic E-state index is 0.121. The van der Waals surface area contributed by atoms with E-state index < -0.39 is 6.04 Å². The molecule has 0 fully saturated rings. The summed E-state index contributed by atoms with van der Waals surface area (Å²) in [7, 11) is 1.33. The van der Waals surface area contributed by atoms with Crippen molar-refractivity contribution in [3.8, 4) is 0 Å². The molecule has 0 aliphatic heterocycles. The van der Waals surface area contributed by atoms with E-state index in [2.05, 4.69) is 20.7 Å². The SMILES string of the molecule is COC(=O)C[C@H](N)c1ccc(Br)o1. The maximum Gasteiger partial charge on any atom is 0.307 e. The van der Waals surface area contributed by atoms with Crippen molar-refractivity contribution < 1.29 is 13.9 Å². The minimum atomic E-state index is -0.446. The molecule has 5 heteroatoms. The van der Waals surface area contributed by atoms with Crippen molar-refractivity contribution in [3.63, 3.8) is 0 Å². The largest absolute Gasteiger partial charge is 0.469 e. The average Bonchev–Trinajstić information content (AvgIpc) is 2.51. The fraction of sp³-hybridized carbons (Fsp3) is 0.375. The predicted octanol–water partition coefficient (Wildman–Crippen LogP) is 1.60. The van der Waals surface area contributed by atoms with Crippen LogP contribution < -0.4 is 5.73 Å². The Labute approximate surface area is 84.2 Å². The van der Waals surface area contributed by atoms with E-state index in [4.69, 9.17) is 10.2 Å². The maximum absolute atomic E-state index is 10.8. The lowest BCUT2D eigenvalue weighted by atomic mass is 10.2. The Morgan fingerprint density at radius 2 is 2.46 bits per heavy atom. The first-order chi connectivity index (χ1) is 6.13. The van der Waals surface area contributed by atoms with Crippen LogP contribution in [0, 0.1) is 0 Å². The van der Waals surface area contributed by atoms with Crippen LogP contribution in [0.15, 0.2) is 21.2 Å². The van der Waals surface area contributed by atoms with Crippen LogP contribution in [0.4, 0.5) is 0 Å². The smallest absolute Gasteiger partial charge is 0.307 e. The molecule has 4 nitrogen and oxygen atoms in total. The molecule has 0 aliphatic rings. The highest BCUT2D eigenvalue weighted by atomic mass is 79.9. The molecule has 1 heterocycles. The topological polar surface area (TPSA) is 65.5 Å². The number of esters is 1. The Morgan fingerprint density at radius 1 is 1.77 bits per heavy atom. The number of hydrogen-bond acceptors (Lipinski definition) is 4. The monoisotopic (exact) mass is 247 g/mol. The van der Waals surface area contributed by atoms with Crippen LogP contribution >= 0.6 is 15.9 Å². The van der Waals surface area contributed by atoms with E-state index in [1.165, 1.54) is 7.11 Å². The molecule has 1 rings (SSSR count). The Hall–Kier alpha value is -0.810. The molecule has 72 valence electrons. The zero-order valence-corrected chi connectivity index (χ0v) is 8.71. The third-order valence-electron chi connectivity index (χ3n) is 1.57. The molecule has 2 N–H and O–H groups in total. The number of nitrogens with two attached hydrogens (primary N) is 1. The van der Waals surface area contributed by atoms with Gasteiger partial charge in [0.25, 0.3) is 0 Å². The molecule has 0 spiro atoms. The standard InChI is InChI=1S/C8H10BrNO3/c1-12-8(11)4-5(10)6-2-3-7(9)13-6/h2-3,5H,4,10H2,1H3/t5-/m0/s1. The number of furan rings is 1. The average molecular weight is 248 g/mol. The summed E-state index contributed by atoms with van der Waals surface area (Å²) in [5.74, 6) is 0.220. The van der Waals surface area contributed by atoms with Gasteiger partial charge in [0.1, 0.15) is 5.76 Å². The lowest BCUT2D eigenvalue weighted by Crippen LogP contribution is -2.15. The summed E-state index contributed by atoms with van der Waals surface area (Å²) in [5.41, 5.74) is 5.67. The van der Waals surface area contributed by atoms with Crippen LogP contribution in [0.1, 0.15) is 18.2 Å². The van der Waals surface area contributed by atoms with Crippen molar-refractivity contribution in [2.75, 3.05) is 7.11 Å². The summed E-state index contributed by atoms with van der Waals surface area (Å²) in [6.45, 7) is 0. The first kappa shape index (κ1) is 10.3. The highest BCUT2D eigenvalue weighted by Gasteiger charge is 2.14. The van der Waals surface area contributed by atoms with Crippen LogP contribution in [-0.4, -0.2) is 13.1 Å². The zero-order valence-electron chi connectivity index (χ0n) is 7.12. The molecule has 1 atom stereocenters. The zero-order chi connectivity index (χ0) is 9.84. The number of hydrogen-bond donors (Lipinski definition) is 1. The lowest BCUT2D eigenvalue weighted by molar-refractivity contribution is -0.141. The van der Waals surface area contributed by atoms with Crippen molar-refractivity contribution in [1.82, 2.24) is 0 Å². The fourth-order valence-corrected chi connectivity index (χ4v) is 1.21. The van der Waals surface area contributed by atoms with Crippen LogP contribution in [0.25, 0.3) is 0 Å². The Kier molecular flexibility index (Phi) is 3.50. The second-order valence-electron chi connectivity index (χ2n) is 2.53. The van der Waals surface area contributed by atoms with Gasteiger partial charge in [-0.1, -0.05) is 0 Å². The van der Waals surface area contributed by atoms with Crippen LogP contribution in [0.5, 0.6) is 0 Å². The molecule has 0 saturated heterocycles. The molecule has 1 aromatic heterocycles.